The highest BCUT2D eigenvalue weighted by Crippen LogP contribution is 2.32. The van der Waals surface area contributed by atoms with Crippen LogP contribution in [-0.4, -0.2) is 24.2 Å². The maximum Gasteiger partial charge on any atom is 0.154 e. The van der Waals surface area contributed by atoms with Crippen LogP contribution in [0.25, 0.3) is 0 Å². The van der Waals surface area contributed by atoms with Gasteiger partial charge in [-0.25, -0.2) is 4.39 Å². The third-order valence-electron chi connectivity index (χ3n) is 3.20. The van der Waals surface area contributed by atoms with Gasteiger partial charge in [0.05, 0.1) is 6.61 Å². The van der Waals surface area contributed by atoms with Gasteiger partial charge in [-0.05, 0) is 17.6 Å². The summed E-state index contributed by atoms with van der Waals surface area (Å²) in [5, 5.41) is 9.31. The Labute approximate surface area is 89.4 Å². The molecule has 3 heteroatoms. The van der Waals surface area contributed by atoms with Crippen LogP contribution in [0.2, 0.25) is 0 Å². The molecule has 2 aliphatic rings. The molecule has 0 amide bonds. The lowest BCUT2D eigenvalue weighted by atomic mass is 9.81. The Morgan fingerprint density at radius 2 is 2.33 bits per heavy atom. The third-order valence-corrected chi connectivity index (χ3v) is 3.20. The van der Waals surface area contributed by atoms with Crippen molar-refractivity contribution in [3.63, 3.8) is 0 Å². The molecule has 2 rings (SSSR count). The molecule has 0 aromatic rings. The first-order valence-corrected chi connectivity index (χ1v) is 5.49. The van der Waals surface area contributed by atoms with Crippen molar-refractivity contribution in [2.24, 2.45) is 11.8 Å². The van der Waals surface area contributed by atoms with Gasteiger partial charge >= 0.3 is 0 Å². The molecule has 2 nitrogen and oxygen atoms in total. The van der Waals surface area contributed by atoms with E-state index in [1.54, 1.807) is 6.08 Å². The molecule has 1 aliphatic heterocycles. The lowest BCUT2D eigenvalue weighted by Crippen LogP contribution is -2.33. The van der Waals surface area contributed by atoms with Gasteiger partial charge in [0.2, 0.25) is 0 Å². The molecule has 15 heavy (non-hydrogen) atoms. The van der Waals surface area contributed by atoms with Crippen LogP contribution < -0.4 is 0 Å². The summed E-state index contributed by atoms with van der Waals surface area (Å²) in [6, 6.07) is 0. The van der Waals surface area contributed by atoms with Crippen molar-refractivity contribution < 1.29 is 14.2 Å². The topological polar surface area (TPSA) is 29.5 Å². The minimum atomic E-state index is -0.857. The standard InChI is InChI=1S/C12H17FO2/c1-8-5-12(14)15-7-11(8)9-3-2-4-10(13)6-9/h2-3,6,8,10-12,14H,4-5,7H2,1H3/t8-,10+,11?,12?/m0/s1. The highest BCUT2D eigenvalue weighted by molar-refractivity contribution is 5.28. The second-order valence-electron chi connectivity index (χ2n) is 4.43. The zero-order chi connectivity index (χ0) is 10.8. The van der Waals surface area contributed by atoms with E-state index in [4.69, 9.17) is 4.74 Å². The molecule has 0 radical (unpaired) electrons. The van der Waals surface area contributed by atoms with E-state index in [9.17, 15) is 9.50 Å². The first-order valence-electron chi connectivity index (χ1n) is 5.49. The molecular formula is C12H17FO2. The van der Waals surface area contributed by atoms with Crippen molar-refractivity contribution in [2.45, 2.75) is 32.2 Å². The zero-order valence-corrected chi connectivity index (χ0v) is 8.90. The zero-order valence-electron chi connectivity index (χ0n) is 8.90. The van der Waals surface area contributed by atoms with Crippen LogP contribution in [-0.2, 0) is 4.74 Å². The number of aliphatic hydroxyl groups is 1. The molecule has 1 N–H and O–H groups in total. The van der Waals surface area contributed by atoms with Crippen molar-refractivity contribution in [3.8, 4) is 0 Å². The van der Waals surface area contributed by atoms with Gasteiger partial charge in [0.1, 0.15) is 6.17 Å². The number of alkyl halides is 1. The van der Waals surface area contributed by atoms with Crippen molar-refractivity contribution in [1.82, 2.24) is 0 Å². The number of ether oxygens (including phenoxy) is 1. The fourth-order valence-electron chi connectivity index (χ4n) is 2.27. The van der Waals surface area contributed by atoms with Crippen LogP contribution in [0, 0.1) is 11.8 Å². The molecule has 0 spiro atoms. The van der Waals surface area contributed by atoms with Crippen molar-refractivity contribution in [1.29, 1.82) is 0 Å². The summed E-state index contributed by atoms with van der Waals surface area (Å²) in [5.74, 6) is 0.568. The Kier molecular flexibility index (Phi) is 3.22. The summed E-state index contributed by atoms with van der Waals surface area (Å²) < 4.78 is 18.4. The molecule has 1 fully saturated rings. The SMILES string of the molecule is C[C@H]1CC(O)OCC1C1=C[C@H](F)CC=C1. The minimum Gasteiger partial charge on any atom is -0.368 e. The van der Waals surface area contributed by atoms with E-state index in [-0.39, 0.29) is 5.92 Å². The Balaban J connectivity index is 2.07. The Morgan fingerprint density at radius 1 is 1.53 bits per heavy atom. The fraction of sp³-hybridized carbons (Fsp3) is 0.667. The summed E-state index contributed by atoms with van der Waals surface area (Å²) in [6.07, 6.45) is 5.15. The lowest BCUT2D eigenvalue weighted by molar-refractivity contribution is -0.150. The van der Waals surface area contributed by atoms with E-state index in [1.165, 1.54) is 0 Å². The summed E-state index contributed by atoms with van der Waals surface area (Å²) in [4.78, 5) is 0. The number of aliphatic hydroxyl groups excluding tert-OH is 1. The molecule has 0 saturated carbocycles. The van der Waals surface area contributed by atoms with Gasteiger partial charge in [-0.1, -0.05) is 19.1 Å². The first-order chi connectivity index (χ1) is 7.16. The van der Waals surface area contributed by atoms with E-state index < -0.39 is 12.5 Å². The number of hydrogen-bond donors (Lipinski definition) is 1. The van der Waals surface area contributed by atoms with E-state index >= 15 is 0 Å². The average Bonchev–Trinajstić information content (AvgIpc) is 2.17. The molecule has 84 valence electrons. The van der Waals surface area contributed by atoms with E-state index in [1.807, 2.05) is 12.2 Å². The minimum absolute atomic E-state index is 0.225. The largest absolute Gasteiger partial charge is 0.368 e. The molecule has 2 unspecified atom stereocenters. The summed E-state index contributed by atoms with van der Waals surface area (Å²) in [6.45, 7) is 2.57. The van der Waals surface area contributed by atoms with Crippen LogP contribution in [0.3, 0.4) is 0 Å². The predicted octanol–water partition coefficient (Wildman–Crippen LogP) is 2.20. The van der Waals surface area contributed by atoms with Gasteiger partial charge in [0, 0.05) is 18.8 Å². The number of hydrogen-bond acceptors (Lipinski definition) is 2. The van der Waals surface area contributed by atoms with E-state index in [0.29, 0.717) is 25.4 Å². The number of rotatable bonds is 1. The van der Waals surface area contributed by atoms with Crippen molar-refractivity contribution >= 4 is 0 Å². The lowest BCUT2D eigenvalue weighted by Gasteiger charge is -2.33. The number of halogens is 1. The van der Waals surface area contributed by atoms with Crippen LogP contribution >= 0.6 is 0 Å². The van der Waals surface area contributed by atoms with Gasteiger partial charge in [0.25, 0.3) is 0 Å². The van der Waals surface area contributed by atoms with Crippen LogP contribution in [0.15, 0.2) is 23.8 Å². The molecule has 0 aromatic heterocycles. The Bertz CT molecular complexity index is 285. The quantitative estimate of drug-likeness (QED) is 0.722. The summed E-state index contributed by atoms with van der Waals surface area (Å²) in [7, 11) is 0. The van der Waals surface area contributed by atoms with Gasteiger partial charge in [-0.15, -0.1) is 0 Å². The van der Waals surface area contributed by atoms with Gasteiger partial charge in [-0.3, -0.25) is 0 Å². The Hall–Kier alpha value is -0.670. The molecule has 0 aromatic carbocycles. The highest BCUT2D eigenvalue weighted by Gasteiger charge is 2.29. The molecule has 1 saturated heterocycles. The monoisotopic (exact) mass is 212 g/mol. The smallest absolute Gasteiger partial charge is 0.154 e. The fourth-order valence-corrected chi connectivity index (χ4v) is 2.27. The van der Waals surface area contributed by atoms with E-state index in [0.717, 1.165) is 5.57 Å². The molecule has 1 heterocycles. The van der Waals surface area contributed by atoms with Crippen molar-refractivity contribution in [3.05, 3.63) is 23.8 Å². The molecule has 4 atom stereocenters. The van der Waals surface area contributed by atoms with Gasteiger partial charge in [-0.2, -0.15) is 0 Å². The number of allylic oxidation sites excluding steroid dienone is 3. The Morgan fingerprint density at radius 3 is 3.00 bits per heavy atom. The van der Waals surface area contributed by atoms with Crippen LogP contribution in [0.5, 0.6) is 0 Å². The molecule has 1 aliphatic carbocycles. The maximum absolute atomic E-state index is 13.2. The summed E-state index contributed by atoms with van der Waals surface area (Å²) in [5.41, 5.74) is 1.02. The van der Waals surface area contributed by atoms with Crippen LogP contribution in [0.1, 0.15) is 19.8 Å². The van der Waals surface area contributed by atoms with Crippen molar-refractivity contribution in [2.75, 3.05) is 6.61 Å². The molecule has 0 bridgehead atoms. The second kappa shape index (κ2) is 4.45. The van der Waals surface area contributed by atoms with Gasteiger partial charge < -0.3 is 9.84 Å². The summed E-state index contributed by atoms with van der Waals surface area (Å²) >= 11 is 0. The highest BCUT2D eigenvalue weighted by atomic mass is 19.1. The molecular weight excluding hydrogens is 195 g/mol. The average molecular weight is 212 g/mol. The van der Waals surface area contributed by atoms with Gasteiger partial charge in [0.15, 0.2) is 6.29 Å². The van der Waals surface area contributed by atoms with Crippen LogP contribution in [0.4, 0.5) is 4.39 Å². The first kappa shape index (κ1) is 10.8. The maximum atomic E-state index is 13.2. The predicted molar refractivity (Wildman–Crippen MR) is 56.0 cm³/mol. The second-order valence-corrected chi connectivity index (χ2v) is 4.43. The van der Waals surface area contributed by atoms with E-state index in [2.05, 4.69) is 6.92 Å². The normalized spacial score (nSPS) is 41.4. The third kappa shape index (κ3) is 2.47.